The van der Waals surface area contributed by atoms with E-state index in [1.54, 1.807) is 6.07 Å². The number of nitrogens with two attached hydrogens (primary N) is 1. The Morgan fingerprint density at radius 3 is 2.53 bits per heavy atom. The molecule has 1 unspecified atom stereocenters. The lowest BCUT2D eigenvalue weighted by Crippen LogP contribution is -2.32. The highest BCUT2D eigenvalue weighted by Gasteiger charge is 2.31. The fraction of sp³-hybridized carbons (Fsp3) is 0.571. The molecule has 2 N–H and O–H groups in total. The van der Waals surface area contributed by atoms with Crippen LogP contribution in [0, 0.1) is 11.7 Å². The molecule has 0 aliphatic heterocycles. The first-order chi connectivity index (χ1) is 8.00. The van der Waals surface area contributed by atoms with Gasteiger partial charge in [0.1, 0.15) is 5.82 Å². The van der Waals surface area contributed by atoms with Crippen molar-refractivity contribution in [3.05, 3.63) is 29.6 Å². The predicted octanol–water partition coefficient (Wildman–Crippen LogP) is 3.08. The van der Waals surface area contributed by atoms with E-state index in [1.807, 2.05) is 13.0 Å². The second kappa shape index (κ2) is 4.65. The van der Waals surface area contributed by atoms with Crippen molar-refractivity contribution >= 4 is 5.69 Å². The zero-order chi connectivity index (χ0) is 12.6. The molecule has 1 fully saturated rings. The van der Waals surface area contributed by atoms with Crippen LogP contribution >= 0.6 is 0 Å². The SMILES string of the molecule is CC(C1CC1)N(C)c1ccc(F)cc1[C@H](C)N. The zero-order valence-corrected chi connectivity index (χ0v) is 10.8. The van der Waals surface area contributed by atoms with E-state index in [9.17, 15) is 4.39 Å². The Labute approximate surface area is 103 Å². The standard InChI is InChI=1S/C14H21FN2/c1-9(16)13-8-12(15)6-7-14(13)17(3)10(2)11-4-5-11/h6-11H,4-5,16H2,1-3H3/t9-,10?/m0/s1. The number of hydrogen-bond acceptors (Lipinski definition) is 2. The second-order valence-corrected chi connectivity index (χ2v) is 5.18. The summed E-state index contributed by atoms with van der Waals surface area (Å²) in [7, 11) is 2.07. The third kappa shape index (κ3) is 2.60. The molecule has 0 spiro atoms. The monoisotopic (exact) mass is 236 g/mol. The highest BCUT2D eigenvalue weighted by molar-refractivity contribution is 5.55. The average Bonchev–Trinajstić information content (AvgIpc) is 3.10. The quantitative estimate of drug-likeness (QED) is 0.870. The number of halogens is 1. The van der Waals surface area contributed by atoms with Gasteiger partial charge >= 0.3 is 0 Å². The maximum absolute atomic E-state index is 13.3. The van der Waals surface area contributed by atoms with Gasteiger partial charge in [-0.3, -0.25) is 0 Å². The first-order valence-corrected chi connectivity index (χ1v) is 6.28. The van der Waals surface area contributed by atoms with E-state index in [1.165, 1.54) is 18.9 Å². The molecule has 0 bridgehead atoms. The van der Waals surface area contributed by atoms with Crippen molar-refractivity contribution in [2.24, 2.45) is 11.7 Å². The van der Waals surface area contributed by atoms with Crippen molar-refractivity contribution in [2.75, 3.05) is 11.9 Å². The molecule has 1 aromatic carbocycles. The molecular formula is C14H21FN2. The summed E-state index contributed by atoms with van der Waals surface area (Å²) in [6.07, 6.45) is 2.61. The Balaban J connectivity index is 2.29. The molecule has 0 heterocycles. The number of rotatable bonds is 4. The number of hydrogen-bond donors (Lipinski definition) is 1. The molecular weight excluding hydrogens is 215 g/mol. The van der Waals surface area contributed by atoms with Gasteiger partial charge in [-0.2, -0.15) is 0 Å². The Bertz CT molecular complexity index is 399. The van der Waals surface area contributed by atoms with Crippen molar-refractivity contribution in [2.45, 2.75) is 38.8 Å². The third-order valence-corrected chi connectivity index (χ3v) is 3.78. The minimum atomic E-state index is -0.214. The average molecular weight is 236 g/mol. The molecule has 94 valence electrons. The second-order valence-electron chi connectivity index (χ2n) is 5.18. The molecule has 2 atom stereocenters. The van der Waals surface area contributed by atoms with Crippen molar-refractivity contribution in [1.82, 2.24) is 0 Å². The topological polar surface area (TPSA) is 29.3 Å². The van der Waals surface area contributed by atoms with Gasteiger partial charge in [0, 0.05) is 24.8 Å². The summed E-state index contributed by atoms with van der Waals surface area (Å²) in [6, 6.07) is 5.26. The van der Waals surface area contributed by atoms with E-state index in [0.717, 1.165) is 17.2 Å². The van der Waals surface area contributed by atoms with E-state index in [0.29, 0.717) is 6.04 Å². The molecule has 0 aromatic heterocycles. The Kier molecular flexibility index (Phi) is 3.38. The third-order valence-electron chi connectivity index (χ3n) is 3.78. The Hall–Kier alpha value is -1.09. The van der Waals surface area contributed by atoms with Gasteiger partial charge in [0.25, 0.3) is 0 Å². The fourth-order valence-corrected chi connectivity index (χ4v) is 2.33. The molecule has 0 saturated heterocycles. The highest BCUT2D eigenvalue weighted by Crippen LogP contribution is 2.37. The van der Waals surface area contributed by atoms with Crippen LogP contribution in [0.5, 0.6) is 0 Å². The summed E-state index contributed by atoms with van der Waals surface area (Å²) in [6.45, 7) is 4.12. The van der Waals surface area contributed by atoms with Gasteiger partial charge in [0.2, 0.25) is 0 Å². The molecule has 1 aromatic rings. The lowest BCUT2D eigenvalue weighted by atomic mass is 10.0. The molecule has 2 rings (SSSR count). The molecule has 1 aliphatic carbocycles. The van der Waals surface area contributed by atoms with Crippen LogP contribution in [0.4, 0.5) is 10.1 Å². The van der Waals surface area contributed by atoms with Gasteiger partial charge in [-0.15, -0.1) is 0 Å². The van der Waals surface area contributed by atoms with E-state index in [-0.39, 0.29) is 11.9 Å². The summed E-state index contributed by atoms with van der Waals surface area (Å²) in [5.41, 5.74) is 7.86. The molecule has 2 nitrogen and oxygen atoms in total. The van der Waals surface area contributed by atoms with Gasteiger partial charge < -0.3 is 10.6 Å². The van der Waals surface area contributed by atoms with Crippen LogP contribution in [-0.4, -0.2) is 13.1 Å². The van der Waals surface area contributed by atoms with E-state index < -0.39 is 0 Å². The Morgan fingerprint density at radius 1 is 1.35 bits per heavy atom. The van der Waals surface area contributed by atoms with Gasteiger partial charge in [-0.05, 0) is 56.4 Å². The van der Waals surface area contributed by atoms with Gasteiger partial charge in [0.05, 0.1) is 0 Å². The normalized spacial score (nSPS) is 18.9. The summed E-state index contributed by atoms with van der Waals surface area (Å²) >= 11 is 0. The molecule has 3 heteroatoms. The lowest BCUT2D eigenvalue weighted by Gasteiger charge is -2.30. The highest BCUT2D eigenvalue weighted by atomic mass is 19.1. The zero-order valence-electron chi connectivity index (χ0n) is 10.8. The van der Waals surface area contributed by atoms with Gasteiger partial charge in [-0.1, -0.05) is 0 Å². The van der Waals surface area contributed by atoms with Crippen LogP contribution in [-0.2, 0) is 0 Å². The van der Waals surface area contributed by atoms with Crippen LogP contribution in [0.25, 0.3) is 0 Å². The van der Waals surface area contributed by atoms with Crippen LogP contribution in [0.2, 0.25) is 0 Å². The van der Waals surface area contributed by atoms with E-state index >= 15 is 0 Å². The first kappa shape index (κ1) is 12.4. The Morgan fingerprint density at radius 2 is 2.00 bits per heavy atom. The number of nitrogens with zero attached hydrogens (tertiary/aromatic N) is 1. The summed E-state index contributed by atoms with van der Waals surface area (Å²) in [4.78, 5) is 2.23. The van der Waals surface area contributed by atoms with Crippen molar-refractivity contribution in [1.29, 1.82) is 0 Å². The minimum Gasteiger partial charge on any atom is -0.371 e. The largest absolute Gasteiger partial charge is 0.371 e. The lowest BCUT2D eigenvalue weighted by molar-refractivity contribution is 0.598. The van der Waals surface area contributed by atoms with E-state index in [2.05, 4.69) is 18.9 Å². The summed E-state index contributed by atoms with van der Waals surface area (Å²) in [5, 5.41) is 0. The number of anilines is 1. The van der Waals surface area contributed by atoms with Gasteiger partial charge in [-0.25, -0.2) is 4.39 Å². The molecule has 17 heavy (non-hydrogen) atoms. The fourth-order valence-electron chi connectivity index (χ4n) is 2.33. The minimum absolute atomic E-state index is 0.144. The molecule has 1 aliphatic rings. The van der Waals surface area contributed by atoms with E-state index in [4.69, 9.17) is 5.73 Å². The predicted molar refractivity (Wildman–Crippen MR) is 69.6 cm³/mol. The van der Waals surface area contributed by atoms with Crippen LogP contribution in [0.1, 0.15) is 38.3 Å². The van der Waals surface area contributed by atoms with Gasteiger partial charge in [0.15, 0.2) is 0 Å². The van der Waals surface area contributed by atoms with Crippen molar-refractivity contribution in [3.63, 3.8) is 0 Å². The van der Waals surface area contributed by atoms with Crippen LogP contribution in [0.15, 0.2) is 18.2 Å². The number of benzene rings is 1. The maximum atomic E-state index is 13.3. The van der Waals surface area contributed by atoms with Crippen molar-refractivity contribution in [3.8, 4) is 0 Å². The first-order valence-electron chi connectivity index (χ1n) is 6.28. The molecule has 0 radical (unpaired) electrons. The smallest absolute Gasteiger partial charge is 0.123 e. The summed E-state index contributed by atoms with van der Waals surface area (Å²) < 4.78 is 13.3. The maximum Gasteiger partial charge on any atom is 0.123 e. The summed E-state index contributed by atoms with van der Waals surface area (Å²) in [5.74, 6) is 0.569. The molecule has 1 saturated carbocycles. The molecule has 0 amide bonds. The van der Waals surface area contributed by atoms with Crippen molar-refractivity contribution < 1.29 is 4.39 Å². The van der Waals surface area contributed by atoms with Crippen LogP contribution < -0.4 is 10.6 Å². The van der Waals surface area contributed by atoms with Crippen LogP contribution in [0.3, 0.4) is 0 Å².